The van der Waals surface area contributed by atoms with E-state index in [0.29, 0.717) is 35.4 Å². The van der Waals surface area contributed by atoms with Crippen LogP contribution in [0.5, 0.6) is 5.75 Å². The highest BCUT2D eigenvalue weighted by Gasteiger charge is 2.23. The topological polar surface area (TPSA) is 94.3 Å². The number of hydrogen-bond acceptors (Lipinski definition) is 8. The number of ether oxygens (including phenoxy) is 2. The van der Waals surface area contributed by atoms with Gasteiger partial charge in [-0.3, -0.25) is 0 Å². The normalized spacial score (nSPS) is 15.0. The van der Waals surface area contributed by atoms with E-state index in [0.717, 1.165) is 60.1 Å². The minimum absolute atomic E-state index is 0.196. The number of halogens is 1. The van der Waals surface area contributed by atoms with Crippen molar-refractivity contribution in [2.24, 2.45) is 0 Å². The fourth-order valence-electron chi connectivity index (χ4n) is 3.89. The van der Waals surface area contributed by atoms with Gasteiger partial charge >= 0.3 is 0 Å². The molecule has 190 valence electrons. The van der Waals surface area contributed by atoms with Crippen LogP contribution in [0.2, 0.25) is 5.02 Å². The average molecular weight is 502 g/mol. The van der Waals surface area contributed by atoms with Gasteiger partial charge < -0.3 is 24.6 Å². The van der Waals surface area contributed by atoms with Crippen LogP contribution >= 0.6 is 11.6 Å². The summed E-state index contributed by atoms with van der Waals surface area (Å²) in [6.45, 7) is 12.7. The Kier molecular flexibility index (Phi) is 9.89. The van der Waals surface area contributed by atoms with Crippen LogP contribution in [0.15, 0.2) is 22.7 Å². The van der Waals surface area contributed by atoms with Gasteiger partial charge in [0.05, 0.1) is 41.2 Å². The summed E-state index contributed by atoms with van der Waals surface area (Å²) in [4.78, 5) is 9.79. The number of nitrogens with one attached hydrogen (secondary N) is 2. The molecule has 1 fully saturated rings. The lowest BCUT2D eigenvalue weighted by Crippen LogP contribution is -2.21. The van der Waals surface area contributed by atoms with Crippen LogP contribution < -0.4 is 15.4 Å². The molecule has 2 N–H and O–H groups in total. The summed E-state index contributed by atoms with van der Waals surface area (Å²) >= 11 is 6.60. The quantitative estimate of drug-likeness (QED) is 0.366. The van der Waals surface area contributed by atoms with Gasteiger partial charge in [-0.15, -0.1) is 0 Å². The van der Waals surface area contributed by atoms with Crippen molar-refractivity contribution >= 4 is 17.4 Å². The first-order valence-corrected chi connectivity index (χ1v) is 12.6. The summed E-state index contributed by atoms with van der Waals surface area (Å²) in [5, 5.41) is 11.3. The molecule has 0 saturated carbocycles. The van der Waals surface area contributed by atoms with Gasteiger partial charge in [0, 0.05) is 17.7 Å². The van der Waals surface area contributed by atoms with E-state index in [9.17, 15) is 0 Å². The molecule has 9 heteroatoms. The third-order valence-corrected chi connectivity index (χ3v) is 6.03. The summed E-state index contributed by atoms with van der Waals surface area (Å²) in [5.74, 6) is 2.71. The number of benzene rings is 1. The molecule has 1 aliphatic heterocycles. The van der Waals surface area contributed by atoms with Crippen molar-refractivity contribution in [3.63, 3.8) is 0 Å². The first-order chi connectivity index (χ1) is 17.0. The lowest BCUT2D eigenvalue weighted by Gasteiger charge is -2.18. The molecule has 0 amide bonds. The molecule has 1 aliphatic rings. The highest BCUT2D eigenvalue weighted by atomic mass is 35.5. The van der Waals surface area contributed by atoms with Crippen molar-refractivity contribution in [2.75, 3.05) is 38.7 Å². The smallest absolute Gasteiger partial charge is 0.163 e. The monoisotopic (exact) mass is 501 g/mol. The van der Waals surface area contributed by atoms with Gasteiger partial charge in [-0.1, -0.05) is 30.6 Å². The Labute approximate surface area is 212 Å². The maximum absolute atomic E-state index is 6.60. The van der Waals surface area contributed by atoms with Crippen molar-refractivity contribution in [1.82, 2.24) is 20.4 Å². The van der Waals surface area contributed by atoms with Crippen LogP contribution in [-0.2, 0) is 4.74 Å². The van der Waals surface area contributed by atoms with Gasteiger partial charge in [0.25, 0.3) is 0 Å². The molecule has 0 aliphatic carbocycles. The molecule has 4 rings (SSSR count). The molecule has 1 saturated heterocycles. The summed E-state index contributed by atoms with van der Waals surface area (Å²) in [6, 6.07) is 5.78. The number of nitrogens with zero attached hydrogens (tertiary/aromatic N) is 3. The fraction of sp³-hybridized carbons (Fsp3) is 0.500. The summed E-state index contributed by atoms with van der Waals surface area (Å²) in [6.07, 6.45) is 1.83. The van der Waals surface area contributed by atoms with Crippen LogP contribution in [-0.4, -0.2) is 54.6 Å². The highest BCUT2D eigenvalue weighted by Crippen LogP contribution is 2.36. The molecule has 8 nitrogen and oxygen atoms in total. The second-order valence-electron chi connectivity index (χ2n) is 8.22. The second-order valence-corrected chi connectivity index (χ2v) is 8.63. The first kappa shape index (κ1) is 26.9. The zero-order chi connectivity index (χ0) is 25.4. The Morgan fingerprint density at radius 1 is 1.17 bits per heavy atom. The molecular weight excluding hydrogens is 466 g/mol. The van der Waals surface area contributed by atoms with Crippen LogP contribution in [0.4, 0.5) is 5.82 Å². The van der Waals surface area contributed by atoms with E-state index in [4.69, 9.17) is 35.6 Å². The van der Waals surface area contributed by atoms with Gasteiger partial charge in [-0.2, -0.15) is 0 Å². The average Bonchev–Trinajstić information content (AvgIpc) is 3.50. The van der Waals surface area contributed by atoms with Gasteiger partial charge in [0.15, 0.2) is 5.82 Å². The predicted molar refractivity (Wildman–Crippen MR) is 140 cm³/mol. The summed E-state index contributed by atoms with van der Waals surface area (Å²) in [5.41, 5.74) is 4.06. The first-order valence-electron chi connectivity index (χ1n) is 12.2. The number of rotatable bonds is 9. The maximum atomic E-state index is 6.60. The maximum Gasteiger partial charge on any atom is 0.163 e. The third-order valence-electron chi connectivity index (χ3n) is 5.71. The van der Waals surface area contributed by atoms with Gasteiger partial charge in [0.1, 0.15) is 17.3 Å². The Bertz CT molecular complexity index is 1090. The number of anilines is 1. The van der Waals surface area contributed by atoms with E-state index >= 15 is 0 Å². The zero-order valence-electron chi connectivity index (χ0n) is 21.5. The Morgan fingerprint density at radius 2 is 1.97 bits per heavy atom. The fourth-order valence-corrected chi connectivity index (χ4v) is 4.09. The third kappa shape index (κ3) is 6.51. The molecule has 3 aromatic rings. The molecule has 1 atom stereocenters. The predicted octanol–water partition coefficient (Wildman–Crippen LogP) is 5.59. The largest absolute Gasteiger partial charge is 0.494 e. The van der Waals surface area contributed by atoms with E-state index in [1.807, 2.05) is 59.9 Å². The highest BCUT2D eigenvalue weighted by molar-refractivity contribution is 6.33. The molecule has 0 spiro atoms. The van der Waals surface area contributed by atoms with Gasteiger partial charge in [-0.25, -0.2) is 9.97 Å². The van der Waals surface area contributed by atoms with E-state index in [2.05, 4.69) is 15.8 Å². The molecular formula is C26H36ClN5O3. The van der Waals surface area contributed by atoms with Crippen molar-refractivity contribution in [3.05, 3.63) is 40.2 Å². The van der Waals surface area contributed by atoms with E-state index in [-0.39, 0.29) is 6.04 Å². The molecule has 1 aromatic carbocycles. The van der Waals surface area contributed by atoms with Crippen LogP contribution in [0, 0.1) is 20.8 Å². The number of aromatic nitrogens is 3. The Morgan fingerprint density at radius 3 is 2.63 bits per heavy atom. The Hall–Kier alpha value is -2.68. The second kappa shape index (κ2) is 12.9. The molecule has 35 heavy (non-hydrogen) atoms. The van der Waals surface area contributed by atoms with Crippen molar-refractivity contribution in [3.8, 4) is 28.4 Å². The van der Waals surface area contributed by atoms with Crippen molar-refractivity contribution in [1.29, 1.82) is 0 Å². The van der Waals surface area contributed by atoms with E-state index in [1.54, 1.807) is 0 Å². The number of aryl methyl sites for hydroxylation is 2. The van der Waals surface area contributed by atoms with Crippen molar-refractivity contribution < 1.29 is 14.0 Å². The molecule has 2 aromatic heterocycles. The minimum atomic E-state index is 0.196. The lowest BCUT2D eigenvalue weighted by molar-refractivity contribution is 0.195. The van der Waals surface area contributed by atoms with Gasteiger partial charge in [0.2, 0.25) is 0 Å². The SMILES string of the molecule is CC.CNCCCOc1ccc(Cl)c(-c2nc(NC3CCOC3)c(C)c(-c3c(C)noc3C)n2)c1. The molecule has 1 unspecified atom stereocenters. The standard InChI is InChI=1S/C24H30ClN5O3.C2H6/c1-14-22(21-15(2)30-33-16(21)3)28-24(29-23(14)27-17-8-11-31-13-17)19-12-18(6-7-20(19)25)32-10-5-9-26-4;1-2/h6-7,12,17,26H,5,8-11,13H2,1-4H3,(H,27,28,29);1-2H3. The van der Waals surface area contributed by atoms with Crippen LogP contribution in [0.3, 0.4) is 0 Å². The van der Waals surface area contributed by atoms with E-state index < -0.39 is 0 Å². The molecule has 0 bridgehead atoms. The van der Waals surface area contributed by atoms with Crippen LogP contribution in [0.25, 0.3) is 22.6 Å². The minimum Gasteiger partial charge on any atom is -0.494 e. The van der Waals surface area contributed by atoms with Crippen molar-refractivity contribution in [2.45, 2.75) is 53.5 Å². The van der Waals surface area contributed by atoms with E-state index in [1.165, 1.54) is 0 Å². The summed E-state index contributed by atoms with van der Waals surface area (Å²) < 4.78 is 16.9. The Balaban J connectivity index is 0.00000167. The molecule has 3 heterocycles. The summed E-state index contributed by atoms with van der Waals surface area (Å²) in [7, 11) is 1.93. The number of hydrogen-bond donors (Lipinski definition) is 2. The zero-order valence-corrected chi connectivity index (χ0v) is 22.3. The molecule has 0 radical (unpaired) electrons. The van der Waals surface area contributed by atoms with Gasteiger partial charge in [-0.05, 0) is 65.4 Å². The lowest BCUT2D eigenvalue weighted by atomic mass is 10.0. The van der Waals surface area contributed by atoms with Crippen LogP contribution in [0.1, 0.15) is 43.7 Å².